The topological polar surface area (TPSA) is 93.4 Å². The Morgan fingerprint density at radius 1 is 1.18 bits per heavy atom. The third kappa shape index (κ3) is 1.80. The summed E-state index contributed by atoms with van der Waals surface area (Å²) in [6, 6.07) is 5.72. The number of pyridine rings is 1. The number of nitrogen functional groups attached to an aromatic ring is 1. The number of hydrogen-bond acceptors (Lipinski definition) is 5. The van der Waals surface area contributed by atoms with Crippen LogP contribution in [0.3, 0.4) is 0 Å². The Bertz CT molecular complexity index is 645. The average molecular weight is 226 g/mol. The number of imidazole rings is 1. The molecule has 0 amide bonds. The van der Waals surface area contributed by atoms with Gasteiger partial charge in [-0.25, -0.2) is 15.0 Å². The number of rotatable bonds is 2. The van der Waals surface area contributed by atoms with Crippen LogP contribution in [0, 0.1) is 0 Å². The zero-order valence-electron chi connectivity index (χ0n) is 8.96. The smallest absolute Gasteiger partial charge is 0.183 e. The molecule has 0 radical (unpaired) electrons. The highest BCUT2D eigenvalue weighted by molar-refractivity contribution is 5.80. The van der Waals surface area contributed by atoms with Crippen LogP contribution in [0.2, 0.25) is 0 Å². The Labute approximate surface area is 97.0 Å². The van der Waals surface area contributed by atoms with Gasteiger partial charge in [0.1, 0.15) is 11.3 Å². The summed E-state index contributed by atoms with van der Waals surface area (Å²) < 4.78 is 0. The molecule has 0 bridgehead atoms. The Morgan fingerprint density at radius 3 is 2.94 bits per heavy atom. The molecule has 6 nitrogen and oxygen atoms in total. The molecule has 0 fully saturated rings. The van der Waals surface area contributed by atoms with E-state index in [4.69, 9.17) is 5.73 Å². The second-order valence-electron chi connectivity index (χ2n) is 3.62. The zero-order valence-corrected chi connectivity index (χ0v) is 8.96. The van der Waals surface area contributed by atoms with Crippen molar-refractivity contribution < 1.29 is 0 Å². The van der Waals surface area contributed by atoms with Gasteiger partial charge in [0.05, 0.1) is 12.7 Å². The Morgan fingerprint density at radius 2 is 2.12 bits per heavy atom. The van der Waals surface area contributed by atoms with Crippen molar-refractivity contribution >= 4 is 17.0 Å². The largest absolute Gasteiger partial charge is 0.382 e. The SMILES string of the molecule is Nc1nc(Cc2ccccn2)nc2nc[nH]c12. The first-order chi connectivity index (χ1) is 8.33. The maximum atomic E-state index is 5.81. The van der Waals surface area contributed by atoms with E-state index < -0.39 is 0 Å². The van der Waals surface area contributed by atoms with Gasteiger partial charge < -0.3 is 10.7 Å². The number of aromatic nitrogens is 5. The van der Waals surface area contributed by atoms with Gasteiger partial charge in [0, 0.05) is 11.9 Å². The molecule has 3 aromatic rings. The van der Waals surface area contributed by atoms with Gasteiger partial charge in [-0.2, -0.15) is 0 Å². The predicted molar refractivity (Wildman–Crippen MR) is 63.1 cm³/mol. The number of aromatic amines is 1. The lowest BCUT2D eigenvalue weighted by molar-refractivity contribution is 0.953. The van der Waals surface area contributed by atoms with Crippen molar-refractivity contribution in [3.63, 3.8) is 0 Å². The van der Waals surface area contributed by atoms with Gasteiger partial charge in [-0.1, -0.05) is 6.07 Å². The lowest BCUT2D eigenvalue weighted by atomic mass is 10.2. The predicted octanol–water partition coefficient (Wildman–Crippen LogP) is 0.921. The Balaban J connectivity index is 2.01. The third-order valence-electron chi connectivity index (χ3n) is 2.43. The Kier molecular flexibility index (Phi) is 2.18. The van der Waals surface area contributed by atoms with E-state index >= 15 is 0 Å². The van der Waals surface area contributed by atoms with Crippen molar-refractivity contribution in [3.05, 3.63) is 42.2 Å². The summed E-state index contributed by atoms with van der Waals surface area (Å²) in [7, 11) is 0. The van der Waals surface area contributed by atoms with Gasteiger partial charge in [0.15, 0.2) is 11.5 Å². The molecular formula is C11H10N6. The minimum absolute atomic E-state index is 0.415. The number of fused-ring (bicyclic) bond motifs is 1. The van der Waals surface area contributed by atoms with E-state index in [0.717, 1.165) is 5.69 Å². The van der Waals surface area contributed by atoms with Gasteiger partial charge in [-0.3, -0.25) is 4.98 Å². The fourth-order valence-corrected chi connectivity index (χ4v) is 1.65. The molecule has 0 atom stereocenters. The van der Waals surface area contributed by atoms with Gasteiger partial charge in [0.25, 0.3) is 0 Å². The second-order valence-corrected chi connectivity index (χ2v) is 3.62. The minimum Gasteiger partial charge on any atom is -0.382 e. The van der Waals surface area contributed by atoms with Crippen LogP contribution in [0.25, 0.3) is 11.2 Å². The highest BCUT2D eigenvalue weighted by Gasteiger charge is 2.07. The van der Waals surface area contributed by atoms with E-state index in [0.29, 0.717) is 29.2 Å². The van der Waals surface area contributed by atoms with Crippen LogP contribution in [0.5, 0.6) is 0 Å². The molecule has 0 aromatic carbocycles. The molecule has 84 valence electrons. The molecule has 3 N–H and O–H groups in total. The molecule has 0 aliphatic heterocycles. The summed E-state index contributed by atoms with van der Waals surface area (Å²) in [4.78, 5) is 19.7. The zero-order chi connectivity index (χ0) is 11.7. The van der Waals surface area contributed by atoms with E-state index in [1.54, 1.807) is 12.5 Å². The van der Waals surface area contributed by atoms with Crippen LogP contribution in [0.1, 0.15) is 11.5 Å². The van der Waals surface area contributed by atoms with Crippen molar-refractivity contribution in [2.24, 2.45) is 0 Å². The monoisotopic (exact) mass is 226 g/mol. The van der Waals surface area contributed by atoms with Crippen LogP contribution < -0.4 is 5.73 Å². The van der Waals surface area contributed by atoms with Crippen molar-refractivity contribution in [3.8, 4) is 0 Å². The first kappa shape index (κ1) is 9.71. The summed E-state index contributed by atoms with van der Waals surface area (Å²) in [5, 5.41) is 0. The molecule has 3 aromatic heterocycles. The van der Waals surface area contributed by atoms with E-state index in [1.807, 2.05) is 18.2 Å². The number of nitrogens with one attached hydrogen (secondary N) is 1. The van der Waals surface area contributed by atoms with Gasteiger partial charge in [-0.15, -0.1) is 0 Å². The molecule has 17 heavy (non-hydrogen) atoms. The lowest BCUT2D eigenvalue weighted by Crippen LogP contribution is -2.02. The fraction of sp³-hybridized carbons (Fsp3) is 0.0909. The van der Waals surface area contributed by atoms with Crippen LogP contribution in [-0.4, -0.2) is 24.9 Å². The number of nitrogens with two attached hydrogens (primary N) is 1. The molecule has 0 spiro atoms. The van der Waals surface area contributed by atoms with Crippen LogP contribution in [-0.2, 0) is 6.42 Å². The molecule has 0 aliphatic carbocycles. The van der Waals surface area contributed by atoms with Crippen molar-refractivity contribution in [2.45, 2.75) is 6.42 Å². The van der Waals surface area contributed by atoms with E-state index in [2.05, 4.69) is 24.9 Å². The molecule has 0 saturated heterocycles. The minimum atomic E-state index is 0.415. The van der Waals surface area contributed by atoms with Crippen molar-refractivity contribution in [1.29, 1.82) is 0 Å². The number of hydrogen-bond donors (Lipinski definition) is 2. The van der Waals surface area contributed by atoms with Gasteiger partial charge in [-0.05, 0) is 12.1 Å². The van der Waals surface area contributed by atoms with Crippen LogP contribution in [0.4, 0.5) is 5.82 Å². The maximum absolute atomic E-state index is 5.81. The summed E-state index contributed by atoms with van der Waals surface area (Å²) in [6.07, 6.45) is 3.85. The van der Waals surface area contributed by atoms with Crippen LogP contribution >= 0.6 is 0 Å². The first-order valence-electron chi connectivity index (χ1n) is 5.18. The normalized spacial score (nSPS) is 10.8. The quantitative estimate of drug-likeness (QED) is 0.677. The molecule has 3 rings (SSSR count). The Hall–Kier alpha value is -2.50. The van der Waals surface area contributed by atoms with Gasteiger partial charge in [0.2, 0.25) is 0 Å². The standard InChI is InChI=1S/C11H10N6/c12-10-9-11(15-6-14-9)17-8(16-10)5-7-3-1-2-4-13-7/h1-4,6H,5H2,(H3,12,14,15,16,17). The second kappa shape index (κ2) is 3.82. The summed E-state index contributed by atoms with van der Waals surface area (Å²) >= 11 is 0. The van der Waals surface area contributed by atoms with E-state index in [-0.39, 0.29) is 0 Å². The van der Waals surface area contributed by atoms with Crippen LogP contribution in [0.15, 0.2) is 30.7 Å². The third-order valence-corrected chi connectivity index (χ3v) is 2.43. The van der Waals surface area contributed by atoms with E-state index in [1.165, 1.54) is 0 Å². The summed E-state index contributed by atoms with van der Waals surface area (Å²) in [6.45, 7) is 0. The van der Waals surface area contributed by atoms with Gasteiger partial charge >= 0.3 is 0 Å². The summed E-state index contributed by atoms with van der Waals surface area (Å²) in [5.74, 6) is 1.04. The summed E-state index contributed by atoms with van der Waals surface area (Å²) in [5.41, 5.74) is 7.98. The average Bonchev–Trinajstić information content (AvgIpc) is 2.79. The molecule has 3 heterocycles. The maximum Gasteiger partial charge on any atom is 0.183 e. The molecular weight excluding hydrogens is 216 g/mol. The fourth-order valence-electron chi connectivity index (χ4n) is 1.65. The lowest BCUT2D eigenvalue weighted by Gasteiger charge is -2.01. The van der Waals surface area contributed by atoms with Crippen molar-refractivity contribution in [2.75, 3.05) is 5.73 Å². The number of H-pyrrole nitrogens is 1. The molecule has 0 unspecified atom stereocenters. The highest BCUT2D eigenvalue weighted by atomic mass is 15.0. The van der Waals surface area contributed by atoms with Crippen molar-refractivity contribution in [1.82, 2.24) is 24.9 Å². The molecule has 0 aliphatic rings. The number of anilines is 1. The molecule has 6 heteroatoms. The first-order valence-corrected chi connectivity index (χ1v) is 5.18. The highest BCUT2D eigenvalue weighted by Crippen LogP contribution is 2.14. The molecule has 0 saturated carbocycles. The number of nitrogens with zero attached hydrogens (tertiary/aromatic N) is 4. The van der Waals surface area contributed by atoms with E-state index in [9.17, 15) is 0 Å².